The summed E-state index contributed by atoms with van der Waals surface area (Å²) in [6.07, 6.45) is 1.07. The SMILES string of the molecule is Cc1ccc2c(c1)C(Nc1cccc(C(=O)NCCO)c1C)C(C)C2. The number of nitrogens with one attached hydrogen (secondary N) is 2. The second kappa shape index (κ2) is 7.28. The molecule has 0 heterocycles. The maximum Gasteiger partial charge on any atom is 0.251 e. The standard InChI is InChI=1S/C21H26N2O2/c1-13-7-8-16-12-14(2)20(18(16)11-13)23-19-6-4-5-17(15(19)3)21(25)22-9-10-24/h4-8,11,14,20,23-24H,9-10,12H2,1-3H3,(H,22,25). The molecule has 0 spiro atoms. The Bertz CT molecular complexity index is 785. The summed E-state index contributed by atoms with van der Waals surface area (Å²) in [5, 5.41) is 15.3. The molecular weight excluding hydrogens is 312 g/mol. The normalized spacial score (nSPS) is 18.7. The quantitative estimate of drug-likeness (QED) is 0.783. The van der Waals surface area contributed by atoms with Gasteiger partial charge >= 0.3 is 0 Å². The zero-order valence-electron chi connectivity index (χ0n) is 15.1. The molecule has 0 fully saturated rings. The van der Waals surface area contributed by atoms with Gasteiger partial charge in [0, 0.05) is 17.8 Å². The second-order valence-electron chi connectivity index (χ2n) is 6.96. The largest absolute Gasteiger partial charge is 0.395 e. The predicted octanol–water partition coefficient (Wildman–Crippen LogP) is 3.37. The van der Waals surface area contributed by atoms with Gasteiger partial charge < -0.3 is 15.7 Å². The first kappa shape index (κ1) is 17.5. The highest BCUT2D eigenvalue weighted by Gasteiger charge is 2.29. The third-order valence-corrected chi connectivity index (χ3v) is 5.03. The lowest BCUT2D eigenvalue weighted by molar-refractivity contribution is 0.0944. The number of fused-ring (bicyclic) bond motifs is 1. The fourth-order valence-corrected chi connectivity index (χ4v) is 3.65. The number of amides is 1. The molecule has 1 aliphatic rings. The number of hydrogen-bond acceptors (Lipinski definition) is 3. The lowest BCUT2D eigenvalue weighted by Crippen LogP contribution is -2.27. The van der Waals surface area contributed by atoms with E-state index in [0.717, 1.165) is 17.7 Å². The van der Waals surface area contributed by atoms with Gasteiger partial charge in [0.2, 0.25) is 0 Å². The van der Waals surface area contributed by atoms with Crippen LogP contribution in [0.4, 0.5) is 5.69 Å². The van der Waals surface area contributed by atoms with Crippen molar-refractivity contribution in [2.75, 3.05) is 18.5 Å². The molecule has 0 saturated carbocycles. The number of aliphatic hydroxyl groups is 1. The van der Waals surface area contributed by atoms with Crippen LogP contribution in [0.3, 0.4) is 0 Å². The number of hydrogen-bond donors (Lipinski definition) is 3. The highest BCUT2D eigenvalue weighted by molar-refractivity contribution is 5.97. The molecule has 2 aromatic rings. The fourth-order valence-electron chi connectivity index (χ4n) is 3.65. The zero-order valence-corrected chi connectivity index (χ0v) is 15.1. The van der Waals surface area contributed by atoms with E-state index in [2.05, 4.69) is 42.7 Å². The van der Waals surface area contributed by atoms with Crippen LogP contribution >= 0.6 is 0 Å². The molecule has 2 aromatic carbocycles. The van der Waals surface area contributed by atoms with Gasteiger partial charge in [-0.3, -0.25) is 4.79 Å². The maximum absolute atomic E-state index is 12.3. The molecule has 2 unspecified atom stereocenters. The van der Waals surface area contributed by atoms with Crippen LogP contribution in [0, 0.1) is 19.8 Å². The molecule has 25 heavy (non-hydrogen) atoms. The van der Waals surface area contributed by atoms with Gasteiger partial charge in [-0.25, -0.2) is 0 Å². The summed E-state index contributed by atoms with van der Waals surface area (Å²) in [5.41, 5.74) is 6.61. The number of benzene rings is 2. The molecular formula is C21H26N2O2. The van der Waals surface area contributed by atoms with Crippen molar-refractivity contribution in [3.63, 3.8) is 0 Å². The lowest BCUT2D eigenvalue weighted by Gasteiger charge is -2.22. The minimum atomic E-state index is -0.147. The van der Waals surface area contributed by atoms with Crippen LogP contribution in [-0.2, 0) is 6.42 Å². The maximum atomic E-state index is 12.3. The van der Waals surface area contributed by atoms with E-state index in [1.807, 2.05) is 25.1 Å². The van der Waals surface area contributed by atoms with Crippen molar-refractivity contribution < 1.29 is 9.90 Å². The lowest BCUT2D eigenvalue weighted by atomic mass is 9.99. The van der Waals surface area contributed by atoms with Crippen molar-refractivity contribution in [2.45, 2.75) is 33.2 Å². The Hall–Kier alpha value is -2.33. The van der Waals surface area contributed by atoms with Crippen LogP contribution in [-0.4, -0.2) is 24.2 Å². The summed E-state index contributed by atoms with van der Waals surface area (Å²) >= 11 is 0. The topological polar surface area (TPSA) is 61.4 Å². The number of carbonyl (C=O) groups excluding carboxylic acids is 1. The first-order valence-corrected chi connectivity index (χ1v) is 8.86. The van der Waals surface area contributed by atoms with Gasteiger partial charge in [-0.05, 0) is 55.0 Å². The van der Waals surface area contributed by atoms with Crippen molar-refractivity contribution in [1.29, 1.82) is 0 Å². The molecule has 1 amide bonds. The molecule has 0 aliphatic heterocycles. The Balaban J connectivity index is 1.87. The molecule has 3 rings (SSSR count). The molecule has 2 atom stereocenters. The Morgan fingerprint density at radius 3 is 2.80 bits per heavy atom. The van der Waals surface area contributed by atoms with Gasteiger partial charge in [-0.1, -0.05) is 36.8 Å². The van der Waals surface area contributed by atoms with E-state index < -0.39 is 0 Å². The van der Waals surface area contributed by atoms with Crippen LogP contribution in [0.2, 0.25) is 0 Å². The molecule has 0 aromatic heterocycles. The average Bonchev–Trinajstić information content (AvgIpc) is 2.89. The highest BCUT2D eigenvalue weighted by atomic mass is 16.3. The van der Waals surface area contributed by atoms with E-state index >= 15 is 0 Å². The van der Waals surface area contributed by atoms with Crippen LogP contribution < -0.4 is 10.6 Å². The average molecular weight is 338 g/mol. The van der Waals surface area contributed by atoms with Gasteiger partial charge in [0.05, 0.1) is 12.6 Å². The summed E-state index contributed by atoms with van der Waals surface area (Å²) in [5.74, 6) is 0.356. The van der Waals surface area contributed by atoms with E-state index in [9.17, 15) is 4.79 Å². The summed E-state index contributed by atoms with van der Waals surface area (Å²) in [6.45, 7) is 6.56. The van der Waals surface area contributed by atoms with Crippen molar-refractivity contribution in [3.8, 4) is 0 Å². The highest BCUT2D eigenvalue weighted by Crippen LogP contribution is 2.39. The smallest absolute Gasteiger partial charge is 0.251 e. The number of aryl methyl sites for hydroxylation is 1. The van der Waals surface area contributed by atoms with E-state index in [-0.39, 0.29) is 25.1 Å². The molecule has 132 valence electrons. The first-order valence-electron chi connectivity index (χ1n) is 8.86. The minimum absolute atomic E-state index is 0.0571. The minimum Gasteiger partial charge on any atom is -0.395 e. The zero-order chi connectivity index (χ0) is 18.0. The van der Waals surface area contributed by atoms with Crippen molar-refractivity contribution in [1.82, 2.24) is 5.32 Å². The fraction of sp³-hybridized carbons (Fsp3) is 0.381. The van der Waals surface area contributed by atoms with Crippen molar-refractivity contribution >= 4 is 11.6 Å². The molecule has 3 N–H and O–H groups in total. The van der Waals surface area contributed by atoms with Gasteiger partial charge in [-0.2, -0.15) is 0 Å². The molecule has 4 nitrogen and oxygen atoms in total. The van der Waals surface area contributed by atoms with E-state index in [1.54, 1.807) is 0 Å². The van der Waals surface area contributed by atoms with Crippen LogP contribution in [0.5, 0.6) is 0 Å². The van der Waals surface area contributed by atoms with Crippen LogP contribution in [0.1, 0.15) is 45.6 Å². The second-order valence-corrected chi connectivity index (χ2v) is 6.96. The van der Waals surface area contributed by atoms with Gasteiger partial charge in [0.25, 0.3) is 5.91 Å². The summed E-state index contributed by atoms with van der Waals surface area (Å²) in [4.78, 5) is 12.3. The summed E-state index contributed by atoms with van der Waals surface area (Å²) in [7, 11) is 0. The van der Waals surface area contributed by atoms with Gasteiger partial charge in [0.15, 0.2) is 0 Å². The van der Waals surface area contributed by atoms with E-state index in [0.29, 0.717) is 11.5 Å². The Morgan fingerprint density at radius 2 is 2.04 bits per heavy atom. The third kappa shape index (κ3) is 3.54. The predicted molar refractivity (Wildman–Crippen MR) is 101 cm³/mol. The Labute approximate surface area is 149 Å². The van der Waals surface area contributed by atoms with Crippen LogP contribution in [0.15, 0.2) is 36.4 Å². The molecule has 0 saturated heterocycles. The molecule has 1 aliphatic carbocycles. The number of aliphatic hydroxyl groups excluding tert-OH is 1. The van der Waals surface area contributed by atoms with Crippen molar-refractivity contribution in [3.05, 3.63) is 64.2 Å². The molecule has 0 radical (unpaired) electrons. The Kier molecular flexibility index (Phi) is 5.09. The van der Waals surface area contributed by atoms with Gasteiger partial charge in [0.1, 0.15) is 0 Å². The first-order chi connectivity index (χ1) is 12.0. The Morgan fingerprint density at radius 1 is 1.24 bits per heavy atom. The number of anilines is 1. The summed E-state index contributed by atoms with van der Waals surface area (Å²) < 4.78 is 0. The summed E-state index contributed by atoms with van der Waals surface area (Å²) in [6, 6.07) is 12.7. The van der Waals surface area contributed by atoms with E-state index in [4.69, 9.17) is 5.11 Å². The molecule has 4 heteroatoms. The monoisotopic (exact) mass is 338 g/mol. The van der Waals surface area contributed by atoms with Crippen LogP contribution in [0.25, 0.3) is 0 Å². The third-order valence-electron chi connectivity index (χ3n) is 5.03. The number of carbonyl (C=O) groups is 1. The van der Waals surface area contributed by atoms with Gasteiger partial charge in [-0.15, -0.1) is 0 Å². The van der Waals surface area contributed by atoms with Crippen molar-refractivity contribution in [2.24, 2.45) is 5.92 Å². The van der Waals surface area contributed by atoms with E-state index in [1.165, 1.54) is 16.7 Å². The number of rotatable bonds is 5. The molecule has 0 bridgehead atoms.